The first-order valence-electron chi connectivity index (χ1n) is 7.04. The Hall–Kier alpha value is -2.52. The number of halogens is 4. The van der Waals surface area contributed by atoms with Gasteiger partial charge in [-0.2, -0.15) is 0 Å². The molecule has 25 heavy (non-hydrogen) atoms. The van der Waals surface area contributed by atoms with Crippen LogP contribution in [0, 0.1) is 5.82 Å². The zero-order chi connectivity index (χ0) is 19.4. The molecular weight excluding hydrogens is 350 g/mol. The van der Waals surface area contributed by atoms with Crippen LogP contribution in [0.2, 0.25) is 0 Å². The number of hydrogen-bond donors (Lipinski definition) is 2. The average Bonchev–Trinajstić information content (AvgIpc) is 2.38. The van der Waals surface area contributed by atoms with Gasteiger partial charge in [-0.15, -0.1) is 13.2 Å². The van der Waals surface area contributed by atoms with E-state index in [1.807, 2.05) is 5.32 Å². The second kappa shape index (κ2) is 7.58. The van der Waals surface area contributed by atoms with Crippen LogP contribution in [0.5, 0.6) is 5.75 Å². The van der Waals surface area contributed by atoms with Gasteiger partial charge in [0.15, 0.2) is 11.6 Å². The molecule has 1 atom stereocenters. The summed E-state index contributed by atoms with van der Waals surface area (Å²) < 4.78 is 59.1. The number of carboxylic acid groups (broad SMARTS) is 1. The van der Waals surface area contributed by atoms with E-state index >= 15 is 0 Å². The van der Waals surface area contributed by atoms with E-state index in [1.54, 1.807) is 20.8 Å². The van der Waals surface area contributed by atoms with Crippen molar-refractivity contribution in [3.8, 4) is 5.75 Å². The highest BCUT2D eigenvalue weighted by atomic mass is 19.4. The molecule has 0 fully saturated rings. The molecule has 0 heterocycles. The van der Waals surface area contributed by atoms with Crippen LogP contribution in [-0.4, -0.2) is 35.2 Å². The first kappa shape index (κ1) is 20.5. The van der Waals surface area contributed by atoms with E-state index in [2.05, 4.69) is 4.74 Å². The van der Waals surface area contributed by atoms with Gasteiger partial charge in [-0.05, 0) is 32.4 Å². The van der Waals surface area contributed by atoms with E-state index in [4.69, 9.17) is 9.84 Å². The molecule has 0 radical (unpaired) electrons. The van der Waals surface area contributed by atoms with Crippen molar-refractivity contribution in [1.82, 2.24) is 5.32 Å². The summed E-state index contributed by atoms with van der Waals surface area (Å²) in [6.45, 7) is 4.67. The van der Waals surface area contributed by atoms with Crippen molar-refractivity contribution < 1.29 is 41.7 Å². The van der Waals surface area contributed by atoms with E-state index in [9.17, 15) is 27.2 Å². The molecule has 1 aromatic carbocycles. The number of alkyl halides is 3. The molecule has 0 aliphatic carbocycles. The number of ether oxygens (including phenoxy) is 2. The number of carbonyl (C=O) groups is 2. The summed E-state index contributed by atoms with van der Waals surface area (Å²) in [5.74, 6) is -3.96. The molecule has 2 N–H and O–H groups in total. The van der Waals surface area contributed by atoms with Gasteiger partial charge in [0.2, 0.25) is 0 Å². The lowest BCUT2D eigenvalue weighted by Crippen LogP contribution is -2.44. The van der Waals surface area contributed by atoms with Crippen LogP contribution in [0.3, 0.4) is 0 Å². The van der Waals surface area contributed by atoms with Crippen molar-refractivity contribution in [2.75, 3.05) is 0 Å². The Kier molecular flexibility index (Phi) is 6.22. The third-order valence-electron chi connectivity index (χ3n) is 2.68. The minimum atomic E-state index is -5.10. The van der Waals surface area contributed by atoms with Gasteiger partial charge in [-0.25, -0.2) is 14.0 Å². The molecule has 0 spiro atoms. The Labute approximate surface area is 140 Å². The molecule has 10 heteroatoms. The predicted molar refractivity (Wildman–Crippen MR) is 77.6 cm³/mol. The summed E-state index contributed by atoms with van der Waals surface area (Å²) in [6, 6.07) is 1.31. The van der Waals surface area contributed by atoms with E-state index in [-0.39, 0.29) is 5.56 Å². The zero-order valence-corrected chi connectivity index (χ0v) is 13.6. The number of benzene rings is 1. The highest BCUT2D eigenvalue weighted by Crippen LogP contribution is 2.27. The van der Waals surface area contributed by atoms with Crippen molar-refractivity contribution in [2.24, 2.45) is 0 Å². The van der Waals surface area contributed by atoms with Gasteiger partial charge < -0.3 is 19.9 Å². The summed E-state index contributed by atoms with van der Waals surface area (Å²) in [6.07, 6.45) is -6.75. The smallest absolute Gasteiger partial charge is 0.480 e. The van der Waals surface area contributed by atoms with E-state index in [1.165, 1.54) is 0 Å². The second-order valence-electron chi connectivity index (χ2n) is 6.02. The Morgan fingerprint density at radius 2 is 1.84 bits per heavy atom. The number of alkyl carbamates (subject to hydrolysis) is 1. The van der Waals surface area contributed by atoms with E-state index in [0.29, 0.717) is 0 Å². The van der Waals surface area contributed by atoms with Gasteiger partial charge in [0, 0.05) is 6.42 Å². The molecule has 1 aromatic rings. The Bertz CT molecular complexity index is 640. The lowest BCUT2D eigenvalue weighted by Gasteiger charge is -2.22. The monoisotopic (exact) mass is 367 g/mol. The van der Waals surface area contributed by atoms with Crippen LogP contribution in [0.25, 0.3) is 0 Å². The summed E-state index contributed by atoms with van der Waals surface area (Å²) >= 11 is 0. The van der Waals surface area contributed by atoms with Crippen LogP contribution in [-0.2, 0) is 16.0 Å². The molecule has 1 amide bonds. The number of carboxylic acids is 1. The number of nitrogens with one attached hydrogen (secondary N) is 1. The highest BCUT2D eigenvalue weighted by Gasteiger charge is 2.33. The van der Waals surface area contributed by atoms with Crippen LogP contribution < -0.4 is 10.1 Å². The zero-order valence-electron chi connectivity index (χ0n) is 13.6. The lowest BCUT2D eigenvalue weighted by molar-refractivity contribution is -0.275. The van der Waals surface area contributed by atoms with Crippen molar-refractivity contribution in [1.29, 1.82) is 0 Å². The normalized spacial score (nSPS) is 13.1. The van der Waals surface area contributed by atoms with E-state index < -0.39 is 48.1 Å². The third-order valence-corrected chi connectivity index (χ3v) is 2.68. The number of rotatable bonds is 5. The average molecular weight is 367 g/mol. The van der Waals surface area contributed by atoms with Gasteiger partial charge >= 0.3 is 18.4 Å². The van der Waals surface area contributed by atoms with Crippen LogP contribution in [0.4, 0.5) is 22.4 Å². The number of hydrogen-bond acceptors (Lipinski definition) is 4. The summed E-state index contributed by atoms with van der Waals surface area (Å²) in [7, 11) is 0. The quantitative estimate of drug-likeness (QED) is 0.781. The second-order valence-corrected chi connectivity index (χ2v) is 6.02. The summed E-state index contributed by atoms with van der Waals surface area (Å²) in [4.78, 5) is 22.9. The molecule has 0 aliphatic rings. The summed E-state index contributed by atoms with van der Waals surface area (Å²) in [5, 5.41) is 11.2. The van der Waals surface area contributed by atoms with Crippen LogP contribution in [0.15, 0.2) is 18.2 Å². The lowest BCUT2D eigenvalue weighted by atomic mass is 10.0. The topological polar surface area (TPSA) is 84.9 Å². The first-order valence-corrected chi connectivity index (χ1v) is 7.04. The van der Waals surface area contributed by atoms with Gasteiger partial charge in [0.05, 0.1) is 0 Å². The fraction of sp³-hybridized carbons (Fsp3) is 0.467. The molecule has 0 saturated carbocycles. The highest BCUT2D eigenvalue weighted by molar-refractivity contribution is 5.80. The standard InChI is InChI=1S/C15H17F4NO5/c1-14(2,3)25-13(23)20-9(12(21)22)7-8-5-4-6-10(11(8)16)24-15(17,18)19/h4-6,9H,7H2,1-3H3,(H,20,23)(H,21,22). The van der Waals surface area contributed by atoms with Crippen molar-refractivity contribution in [3.05, 3.63) is 29.6 Å². The predicted octanol–water partition coefficient (Wildman–Crippen LogP) is 3.24. The fourth-order valence-electron chi connectivity index (χ4n) is 1.79. The third kappa shape index (κ3) is 7.27. The van der Waals surface area contributed by atoms with Crippen molar-refractivity contribution in [2.45, 2.75) is 45.2 Å². The van der Waals surface area contributed by atoms with Crippen LogP contribution in [0.1, 0.15) is 26.3 Å². The fourth-order valence-corrected chi connectivity index (χ4v) is 1.79. The Balaban J connectivity index is 2.94. The number of carbonyl (C=O) groups excluding carboxylic acids is 1. The number of amides is 1. The SMILES string of the molecule is CC(C)(C)OC(=O)NC(Cc1cccc(OC(F)(F)F)c1F)C(=O)O. The molecule has 0 aliphatic heterocycles. The Morgan fingerprint density at radius 1 is 1.24 bits per heavy atom. The maximum Gasteiger partial charge on any atom is 0.573 e. The van der Waals surface area contributed by atoms with Gasteiger partial charge in [0.25, 0.3) is 0 Å². The van der Waals surface area contributed by atoms with Gasteiger partial charge in [-0.1, -0.05) is 12.1 Å². The van der Waals surface area contributed by atoms with Crippen molar-refractivity contribution in [3.63, 3.8) is 0 Å². The molecule has 140 valence electrons. The van der Waals surface area contributed by atoms with Crippen LogP contribution >= 0.6 is 0 Å². The number of aliphatic carboxylic acids is 1. The molecule has 0 saturated heterocycles. The van der Waals surface area contributed by atoms with Gasteiger partial charge in [0.1, 0.15) is 11.6 Å². The molecule has 1 rings (SSSR count). The molecule has 6 nitrogen and oxygen atoms in total. The molecule has 1 unspecified atom stereocenters. The van der Waals surface area contributed by atoms with E-state index in [0.717, 1.165) is 18.2 Å². The summed E-state index contributed by atoms with van der Waals surface area (Å²) in [5.41, 5.74) is -1.26. The minimum absolute atomic E-state index is 0.370. The minimum Gasteiger partial charge on any atom is -0.480 e. The van der Waals surface area contributed by atoms with Gasteiger partial charge in [-0.3, -0.25) is 0 Å². The first-order chi connectivity index (χ1) is 11.3. The molecule has 0 bridgehead atoms. The Morgan fingerprint density at radius 3 is 2.32 bits per heavy atom. The maximum atomic E-state index is 14.1. The molecule has 0 aromatic heterocycles. The van der Waals surface area contributed by atoms with Crippen molar-refractivity contribution >= 4 is 12.1 Å². The maximum absolute atomic E-state index is 14.1. The molecular formula is C15H17F4NO5. The largest absolute Gasteiger partial charge is 0.573 e.